The number of nitrogens with zero attached hydrogens (tertiary/aromatic N) is 3. The molecule has 2 aromatic carbocycles. The number of hydrogen-bond donors (Lipinski definition) is 1. The van der Waals surface area contributed by atoms with Crippen LogP contribution < -0.4 is 14.5 Å². The molecule has 1 spiro atoms. The largest absolute Gasteiger partial charge is 0.494 e. The Morgan fingerprint density at radius 3 is 2.36 bits per heavy atom. The van der Waals surface area contributed by atoms with Crippen LogP contribution in [0.4, 0.5) is 11.4 Å². The standard InChI is InChI=1S/C33H37N3O6/c1-5-41-24-12-10-23(11-13-24)34-16-6-14-32(4)26(29(34)38)27-30(39)36(18-19-37)28-31(40)35(17-7-15-33(27,28)42-32)25-20-21(2)8-9-22(25)3/h6-15,20,26-28,37H,5,16-19H2,1-4H3/t26-,27+,28?,32+,33+/m1/s1. The molecule has 1 N–H and O–H groups in total. The van der Waals surface area contributed by atoms with E-state index in [1.54, 1.807) is 9.80 Å². The van der Waals surface area contributed by atoms with E-state index in [2.05, 4.69) is 0 Å². The topological polar surface area (TPSA) is 99.6 Å². The maximum Gasteiger partial charge on any atom is 0.253 e. The average Bonchev–Trinajstić information content (AvgIpc) is 3.22. The molecule has 0 radical (unpaired) electrons. The maximum absolute atomic E-state index is 14.5. The zero-order valence-electron chi connectivity index (χ0n) is 24.4. The highest BCUT2D eigenvalue weighted by Crippen LogP contribution is 2.57. The smallest absolute Gasteiger partial charge is 0.253 e. The number of β-amino-alcohol motifs (C(OH)–C–C–N with tert-alkyl or cyclic N) is 1. The highest BCUT2D eigenvalue weighted by atomic mass is 16.5. The number of aliphatic hydroxyl groups is 1. The van der Waals surface area contributed by atoms with Crippen LogP contribution in [-0.4, -0.2) is 77.8 Å². The molecule has 4 heterocycles. The van der Waals surface area contributed by atoms with Gasteiger partial charge in [0.25, 0.3) is 5.91 Å². The first-order valence-corrected chi connectivity index (χ1v) is 14.5. The predicted molar refractivity (Wildman–Crippen MR) is 158 cm³/mol. The van der Waals surface area contributed by atoms with Crippen LogP contribution in [0.15, 0.2) is 66.8 Å². The monoisotopic (exact) mass is 571 g/mol. The molecule has 0 aliphatic carbocycles. The van der Waals surface area contributed by atoms with E-state index in [9.17, 15) is 19.5 Å². The van der Waals surface area contributed by atoms with Crippen LogP contribution in [0.1, 0.15) is 25.0 Å². The summed E-state index contributed by atoms with van der Waals surface area (Å²) < 4.78 is 12.4. The Bertz CT molecular complexity index is 1490. The number of rotatable bonds is 6. The van der Waals surface area contributed by atoms with Crippen molar-refractivity contribution in [1.29, 1.82) is 0 Å². The number of aryl methyl sites for hydroxylation is 2. The average molecular weight is 572 g/mol. The SMILES string of the molecule is CCOc1ccc(N2CC=C[C@]3(C)O[C@]45C=CCN(c6cc(C)ccc6C)C(=O)C4N(CCO)C(=O)[C@@H]5[C@@H]3C2=O)cc1. The second kappa shape index (κ2) is 10.4. The van der Waals surface area contributed by atoms with Crippen LogP contribution in [0.5, 0.6) is 5.75 Å². The van der Waals surface area contributed by atoms with Crippen molar-refractivity contribution in [1.82, 2.24) is 4.90 Å². The van der Waals surface area contributed by atoms with Crippen LogP contribution in [0.2, 0.25) is 0 Å². The van der Waals surface area contributed by atoms with Gasteiger partial charge in [-0.15, -0.1) is 0 Å². The summed E-state index contributed by atoms with van der Waals surface area (Å²) in [4.78, 5) is 48.0. The fourth-order valence-corrected chi connectivity index (χ4v) is 7.22. The normalized spacial score (nSPS) is 30.3. The number of likely N-dealkylation sites (tertiary alicyclic amines) is 1. The van der Waals surface area contributed by atoms with Gasteiger partial charge in [0.15, 0.2) is 0 Å². The number of fused-ring (bicyclic) bond motifs is 2. The molecule has 4 aliphatic heterocycles. The van der Waals surface area contributed by atoms with E-state index >= 15 is 0 Å². The zero-order valence-corrected chi connectivity index (χ0v) is 24.4. The third-order valence-electron chi connectivity index (χ3n) is 9.01. The van der Waals surface area contributed by atoms with Gasteiger partial charge < -0.3 is 29.3 Å². The summed E-state index contributed by atoms with van der Waals surface area (Å²) in [6.45, 7) is 8.44. The third-order valence-corrected chi connectivity index (χ3v) is 9.01. The summed E-state index contributed by atoms with van der Waals surface area (Å²) in [5, 5.41) is 9.97. The number of aliphatic hydroxyl groups excluding tert-OH is 1. The third kappa shape index (κ3) is 4.17. The molecule has 2 saturated heterocycles. The van der Waals surface area contributed by atoms with Crippen LogP contribution in [0, 0.1) is 25.7 Å². The van der Waals surface area contributed by atoms with E-state index in [1.807, 2.05) is 94.5 Å². The number of benzene rings is 2. The van der Waals surface area contributed by atoms with E-state index < -0.39 is 29.1 Å². The quantitative estimate of drug-likeness (QED) is 0.535. The molecular formula is C33H37N3O6. The molecular weight excluding hydrogens is 534 g/mol. The molecule has 1 unspecified atom stereocenters. The molecule has 6 rings (SSSR count). The van der Waals surface area contributed by atoms with Gasteiger partial charge >= 0.3 is 0 Å². The lowest BCUT2D eigenvalue weighted by Gasteiger charge is -2.37. The number of carbonyl (C=O) groups is 3. The lowest BCUT2D eigenvalue weighted by Crippen LogP contribution is -2.56. The molecule has 2 fully saturated rings. The minimum Gasteiger partial charge on any atom is -0.494 e. The summed E-state index contributed by atoms with van der Waals surface area (Å²) in [7, 11) is 0. The minimum absolute atomic E-state index is 0.0403. The van der Waals surface area contributed by atoms with Crippen molar-refractivity contribution < 1.29 is 29.0 Å². The van der Waals surface area contributed by atoms with Gasteiger partial charge in [0.2, 0.25) is 11.8 Å². The Hall–Kier alpha value is -3.95. The van der Waals surface area contributed by atoms with E-state index in [1.165, 1.54) is 4.90 Å². The van der Waals surface area contributed by atoms with Gasteiger partial charge in [0.05, 0.1) is 30.7 Å². The number of ether oxygens (including phenoxy) is 2. The summed E-state index contributed by atoms with van der Waals surface area (Å²) in [5.41, 5.74) is 0.882. The molecule has 5 atom stereocenters. The minimum atomic E-state index is -1.38. The number of hydrogen-bond acceptors (Lipinski definition) is 6. The van der Waals surface area contributed by atoms with Gasteiger partial charge in [-0.05, 0) is 69.2 Å². The molecule has 2 aromatic rings. The van der Waals surface area contributed by atoms with Gasteiger partial charge in [-0.2, -0.15) is 0 Å². The first kappa shape index (κ1) is 28.2. The molecule has 9 heteroatoms. The first-order chi connectivity index (χ1) is 20.1. The highest BCUT2D eigenvalue weighted by Gasteiger charge is 2.74. The number of carbonyl (C=O) groups excluding carboxylic acids is 3. The Morgan fingerprint density at radius 1 is 0.929 bits per heavy atom. The van der Waals surface area contributed by atoms with Crippen LogP contribution in [0.3, 0.4) is 0 Å². The molecule has 220 valence electrons. The number of amides is 3. The van der Waals surface area contributed by atoms with Crippen molar-refractivity contribution in [2.45, 2.75) is 44.9 Å². The van der Waals surface area contributed by atoms with Crippen molar-refractivity contribution in [3.05, 3.63) is 77.9 Å². The Morgan fingerprint density at radius 2 is 1.64 bits per heavy atom. The summed E-state index contributed by atoms with van der Waals surface area (Å²) in [5.74, 6) is -2.03. The fraction of sp³-hybridized carbons (Fsp3) is 0.424. The van der Waals surface area contributed by atoms with Crippen molar-refractivity contribution in [2.75, 3.05) is 42.6 Å². The molecule has 9 nitrogen and oxygen atoms in total. The van der Waals surface area contributed by atoms with E-state index in [4.69, 9.17) is 9.47 Å². The van der Waals surface area contributed by atoms with Crippen molar-refractivity contribution in [2.24, 2.45) is 11.8 Å². The van der Waals surface area contributed by atoms with Gasteiger partial charge in [0, 0.05) is 31.0 Å². The molecule has 0 saturated carbocycles. The van der Waals surface area contributed by atoms with E-state index in [0.29, 0.717) is 31.1 Å². The lowest BCUT2D eigenvalue weighted by molar-refractivity contribution is -0.144. The molecule has 3 amide bonds. The fourth-order valence-electron chi connectivity index (χ4n) is 7.22. The summed E-state index contributed by atoms with van der Waals surface area (Å²) >= 11 is 0. The highest BCUT2D eigenvalue weighted by molar-refractivity contribution is 6.07. The van der Waals surface area contributed by atoms with Gasteiger partial charge in [-0.25, -0.2) is 0 Å². The summed E-state index contributed by atoms with van der Waals surface area (Å²) in [6.07, 6.45) is 7.45. The summed E-state index contributed by atoms with van der Waals surface area (Å²) in [6, 6.07) is 12.2. The van der Waals surface area contributed by atoms with Crippen molar-refractivity contribution in [3.8, 4) is 5.75 Å². The Labute approximate surface area is 246 Å². The second-order valence-corrected chi connectivity index (χ2v) is 11.7. The van der Waals surface area contributed by atoms with Gasteiger partial charge in [0.1, 0.15) is 17.4 Å². The molecule has 4 aliphatic rings. The zero-order chi connectivity index (χ0) is 29.8. The van der Waals surface area contributed by atoms with Crippen molar-refractivity contribution >= 4 is 29.1 Å². The van der Waals surface area contributed by atoms with E-state index in [0.717, 1.165) is 16.8 Å². The van der Waals surface area contributed by atoms with E-state index in [-0.39, 0.29) is 30.9 Å². The second-order valence-electron chi connectivity index (χ2n) is 11.7. The number of anilines is 2. The Balaban J connectivity index is 1.43. The lowest BCUT2D eigenvalue weighted by atomic mass is 9.74. The van der Waals surface area contributed by atoms with Gasteiger partial charge in [-0.3, -0.25) is 14.4 Å². The van der Waals surface area contributed by atoms with Crippen molar-refractivity contribution in [3.63, 3.8) is 0 Å². The Kier molecular flexibility index (Phi) is 6.98. The van der Waals surface area contributed by atoms with Gasteiger partial charge in [-0.1, -0.05) is 36.4 Å². The molecule has 42 heavy (non-hydrogen) atoms. The van der Waals surface area contributed by atoms with Crippen LogP contribution >= 0.6 is 0 Å². The van der Waals surface area contributed by atoms with Crippen LogP contribution in [0.25, 0.3) is 0 Å². The van der Waals surface area contributed by atoms with Crippen LogP contribution in [-0.2, 0) is 19.1 Å². The molecule has 0 aromatic heterocycles. The first-order valence-electron chi connectivity index (χ1n) is 14.5. The maximum atomic E-state index is 14.5. The predicted octanol–water partition coefficient (Wildman–Crippen LogP) is 3.17. The molecule has 0 bridgehead atoms.